The number of nitro groups is 1. The summed E-state index contributed by atoms with van der Waals surface area (Å²) < 4.78 is 0. The molecule has 8 nitrogen and oxygen atoms in total. The zero-order chi connectivity index (χ0) is 15.9. The number of nitro benzene ring substituents is 1. The third-order valence-electron chi connectivity index (χ3n) is 3.18. The van der Waals surface area contributed by atoms with Crippen LogP contribution >= 0.6 is 0 Å². The summed E-state index contributed by atoms with van der Waals surface area (Å²) in [5.41, 5.74) is -0.0596. The maximum atomic E-state index is 11.3. The van der Waals surface area contributed by atoms with Gasteiger partial charge in [0.05, 0.1) is 4.92 Å². The summed E-state index contributed by atoms with van der Waals surface area (Å²) in [7, 11) is 0. The number of hydrogen-bond donors (Lipinski definition) is 1. The smallest absolute Gasteiger partial charge is 0.409 e. The summed E-state index contributed by atoms with van der Waals surface area (Å²) in [6, 6.07) is 5.36. The predicted octanol–water partition coefficient (Wildman–Crippen LogP) is 2.95. The summed E-state index contributed by atoms with van der Waals surface area (Å²) in [5.74, 6) is 0.272. The standard InChI is InChI=1S/C14H16N2O6/c17-14(18)15-10-4-2-1-3-5-13(15)22-21-12-8-6-11(7-9-12)16(19)20/h1-2,6-9,13H,3-5,10H2,(H,17,18). The molecule has 1 heterocycles. The van der Waals surface area contributed by atoms with E-state index < -0.39 is 17.2 Å². The van der Waals surface area contributed by atoms with Crippen molar-refractivity contribution in [1.29, 1.82) is 0 Å². The summed E-state index contributed by atoms with van der Waals surface area (Å²) in [6.45, 7) is 0.320. The summed E-state index contributed by atoms with van der Waals surface area (Å²) >= 11 is 0. The number of amides is 1. The van der Waals surface area contributed by atoms with Gasteiger partial charge < -0.3 is 9.99 Å². The number of carbonyl (C=O) groups is 1. The van der Waals surface area contributed by atoms with Gasteiger partial charge in [0.15, 0.2) is 12.0 Å². The Labute approximate surface area is 126 Å². The average molecular weight is 308 g/mol. The summed E-state index contributed by atoms with van der Waals surface area (Å²) in [5, 5.41) is 19.8. The van der Waals surface area contributed by atoms with Crippen molar-refractivity contribution >= 4 is 11.8 Å². The largest absolute Gasteiger partial charge is 0.465 e. The van der Waals surface area contributed by atoms with Crippen molar-refractivity contribution in [3.05, 3.63) is 46.5 Å². The van der Waals surface area contributed by atoms with Crippen molar-refractivity contribution in [2.45, 2.75) is 25.5 Å². The third-order valence-corrected chi connectivity index (χ3v) is 3.18. The molecule has 1 aliphatic rings. The molecule has 0 fully saturated rings. The van der Waals surface area contributed by atoms with Crippen LogP contribution in [0.2, 0.25) is 0 Å². The van der Waals surface area contributed by atoms with Crippen LogP contribution in [0.25, 0.3) is 0 Å². The highest BCUT2D eigenvalue weighted by Gasteiger charge is 2.25. The van der Waals surface area contributed by atoms with E-state index in [1.54, 1.807) is 0 Å². The van der Waals surface area contributed by atoms with E-state index in [1.165, 1.54) is 29.2 Å². The Bertz CT molecular complexity index is 557. The molecule has 1 aromatic carbocycles. The van der Waals surface area contributed by atoms with E-state index in [4.69, 9.17) is 9.78 Å². The van der Waals surface area contributed by atoms with Gasteiger partial charge in [-0.2, -0.15) is 4.89 Å². The highest BCUT2D eigenvalue weighted by molar-refractivity contribution is 5.65. The first-order valence-corrected chi connectivity index (χ1v) is 6.80. The fraction of sp³-hybridized carbons (Fsp3) is 0.357. The minimum atomic E-state index is -1.08. The maximum absolute atomic E-state index is 11.3. The molecule has 0 spiro atoms. The average Bonchev–Trinajstić information content (AvgIpc) is 2.46. The minimum absolute atomic E-state index is 0.0596. The second kappa shape index (κ2) is 7.41. The van der Waals surface area contributed by atoms with Crippen LogP contribution in [0.15, 0.2) is 36.4 Å². The number of benzene rings is 1. The van der Waals surface area contributed by atoms with E-state index in [0.29, 0.717) is 25.8 Å². The van der Waals surface area contributed by atoms with Gasteiger partial charge in [0.1, 0.15) is 0 Å². The second-order valence-corrected chi connectivity index (χ2v) is 4.70. The van der Waals surface area contributed by atoms with Crippen LogP contribution in [-0.4, -0.2) is 33.8 Å². The van der Waals surface area contributed by atoms with E-state index in [0.717, 1.165) is 0 Å². The van der Waals surface area contributed by atoms with E-state index in [-0.39, 0.29) is 11.4 Å². The first-order chi connectivity index (χ1) is 10.6. The highest BCUT2D eigenvalue weighted by atomic mass is 17.2. The fourth-order valence-corrected chi connectivity index (χ4v) is 2.04. The molecule has 0 aliphatic carbocycles. The van der Waals surface area contributed by atoms with Gasteiger partial charge in [0, 0.05) is 25.1 Å². The molecule has 0 bridgehead atoms. The predicted molar refractivity (Wildman–Crippen MR) is 76.3 cm³/mol. The second-order valence-electron chi connectivity index (χ2n) is 4.70. The normalized spacial score (nSPS) is 18.4. The van der Waals surface area contributed by atoms with Crippen molar-refractivity contribution in [1.82, 2.24) is 4.90 Å². The van der Waals surface area contributed by atoms with E-state index >= 15 is 0 Å². The lowest BCUT2D eigenvalue weighted by Gasteiger charge is -2.28. The Balaban J connectivity index is 1.99. The van der Waals surface area contributed by atoms with Crippen LogP contribution in [-0.2, 0) is 4.89 Å². The molecule has 1 amide bonds. The van der Waals surface area contributed by atoms with Gasteiger partial charge in [0.25, 0.3) is 5.69 Å². The van der Waals surface area contributed by atoms with Crippen molar-refractivity contribution in [2.24, 2.45) is 0 Å². The van der Waals surface area contributed by atoms with E-state index in [9.17, 15) is 20.0 Å². The Morgan fingerprint density at radius 3 is 2.59 bits per heavy atom. The van der Waals surface area contributed by atoms with Gasteiger partial charge in [-0.3, -0.25) is 15.0 Å². The van der Waals surface area contributed by atoms with Crippen molar-refractivity contribution in [3.63, 3.8) is 0 Å². The molecule has 8 heteroatoms. The molecular weight excluding hydrogens is 292 g/mol. The van der Waals surface area contributed by atoms with Crippen LogP contribution in [0.5, 0.6) is 5.75 Å². The highest BCUT2D eigenvalue weighted by Crippen LogP contribution is 2.20. The molecule has 22 heavy (non-hydrogen) atoms. The minimum Gasteiger partial charge on any atom is -0.465 e. The fourth-order valence-electron chi connectivity index (χ4n) is 2.04. The van der Waals surface area contributed by atoms with Crippen LogP contribution in [0.1, 0.15) is 19.3 Å². The number of hydrogen-bond acceptors (Lipinski definition) is 5. The lowest BCUT2D eigenvalue weighted by atomic mass is 10.2. The van der Waals surface area contributed by atoms with Gasteiger partial charge in [-0.15, -0.1) is 0 Å². The van der Waals surface area contributed by atoms with Crippen LogP contribution < -0.4 is 4.89 Å². The molecule has 0 saturated heterocycles. The molecule has 1 aliphatic heterocycles. The molecule has 1 aromatic rings. The van der Waals surface area contributed by atoms with Crippen LogP contribution in [0.3, 0.4) is 0 Å². The molecule has 0 saturated carbocycles. The number of non-ortho nitro benzene ring substituents is 1. The van der Waals surface area contributed by atoms with Gasteiger partial charge in [-0.05, 0) is 25.0 Å². The Kier molecular flexibility index (Phi) is 5.31. The third kappa shape index (κ3) is 4.19. The van der Waals surface area contributed by atoms with E-state index in [2.05, 4.69) is 0 Å². The van der Waals surface area contributed by atoms with Gasteiger partial charge in [-0.1, -0.05) is 12.2 Å². The van der Waals surface area contributed by atoms with Crippen molar-refractivity contribution in [2.75, 3.05) is 6.54 Å². The molecule has 1 N–H and O–H groups in total. The topological polar surface area (TPSA) is 102 Å². The molecule has 1 unspecified atom stereocenters. The number of rotatable bonds is 4. The molecule has 0 radical (unpaired) electrons. The first-order valence-electron chi connectivity index (χ1n) is 6.80. The van der Waals surface area contributed by atoms with Crippen LogP contribution in [0, 0.1) is 10.1 Å². The molecule has 118 valence electrons. The molecule has 0 aromatic heterocycles. The summed E-state index contributed by atoms with van der Waals surface area (Å²) in [6.07, 6.45) is 3.87. The number of carboxylic acid groups (broad SMARTS) is 1. The number of nitrogens with zero attached hydrogens (tertiary/aromatic N) is 2. The Morgan fingerprint density at radius 1 is 1.27 bits per heavy atom. The van der Waals surface area contributed by atoms with Crippen molar-refractivity contribution < 1.29 is 24.6 Å². The summed E-state index contributed by atoms with van der Waals surface area (Å²) in [4.78, 5) is 32.8. The quantitative estimate of drug-likeness (QED) is 0.397. The zero-order valence-corrected chi connectivity index (χ0v) is 11.8. The molecular formula is C14H16N2O6. The first kappa shape index (κ1) is 15.8. The lowest BCUT2D eigenvalue weighted by Crippen LogP contribution is -2.42. The zero-order valence-electron chi connectivity index (χ0n) is 11.8. The van der Waals surface area contributed by atoms with Gasteiger partial charge >= 0.3 is 6.09 Å². The van der Waals surface area contributed by atoms with E-state index in [1.807, 2.05) is 12.2 Å². The maximum Gasteiger partial charge on any atom is 0.409 e. The molecule has 1 atom stereocenters. The monoisotopic (exact) mass is 308 g/mol. The SMILES string of the molecule is O=C(O)N1CCC=CCCC1OOc1ccc([N+](=O)[O-])cc1. The van der Waals surface area contributed by atoms with Crippen LogP contribution in [0.4, 0.5) is 10.5 Å². The van der Waals surface area contributed by atoms with Crippen molar-refractivity contribution in [3.8, 4) is 5.75 Å². The molecule has 2 rings (SSSR count). The van der Waals surface area contributed by atoms with Gasteiger partial charge in [0.2, 0.25) is 0 Å². The Hall–Kier alpha value is -2.61. The Morgan fingerprint density at radius 2 is 1.95 bits per heavy atom. The number of allylic oxidation sites excluding steroid dienone is 1. The van der Waals surface area contributed by atoms with Gasteiger partial charge in [-0.25, -0.2) is 4.79 Å². The lowest BCUT2D eigenvalue weighted by molar-refractivity contribution is -0.385.